The quantitative estimate of drug-likeness (QED) is 0.587. The Kier molecular flexibility index (Phi) is 5.46. The number of carboxylic acids is 1. The number of methoxy groups -OCH3 is 1. The minimum Gasteiger partial charge on any atom is -0.494 e. The lowest BCUT2D eigenvalue weighted by Crippen LogP contribution is -2.15. The lowest BCUT2D eigenvalue weighted by molar-refractivity contribution is -0.134. The van der Waals surface area contributed by atoms with Gasteiger partial charge in [0.15, 0.2) is 11.6 Å². The number of rotatable bonds is 7. The number of carbonyl (C=O) groups is 1. The molecule has 2 aromatic carbocycles. The molecule has 3 N–H and O–H groups in total. The van der Waals surface area contributed by atoms with Crippen molar-refractivity contribution in [2.24, 2.45) is 0 Å². The van der Waals surface area contributed by atoms with Crippen LogP contribution in [0.2, 0.25) is 0 Å². The third kappa shape index (κ3) is 4.69. The summed E-state index contributed by atoms with van der Waals surface area (Å²) in [5.41, 5.74) is 1.90. The van der Waals surface area contributed by atoms with Gasteiger partial charge in [0.1, 0.15) is 12.4 Å². The van der Waals surface area contributed by atoms with Crippen LogP contribution >= 0.6 is 0 Å². The van der Waals surface area contributed by atoms with Crippen molar-refractivity contribution in [2.45, 2.75) is 0 Å². The van der Waals surface area contributed by atoms with Crippen molar-refractivity contribution in [3.63, 3.8) is 0 Å². The molecule has 0 aliphatic heterocycles. The van der Waals surface area contributed by atoms with Gasteiger partial charge in [-0.3, -0.25) is 4.79 Å². The zero-order chi connectivity index (χ0) is 19.2. The average Bonchev–Trinajstić information content (AvgIpc) is 2.67. The highest BCUT2D eigenvalue weighted by Crippen LogP contribution is 2.26. The number of hydrogen-bond donors (Lipinski definition) is 3. The summed E-state index contributed by atoms with van der Waals surface area (Å²) in [5, 5.41) is 14.5. The summed E-state index contributed by atoms with van der Waals surface area (Å²) in [6.07, 6.45) is 0. The van der Waals surface area contributed by atoms with Gasteiger partial charge in [-0.15, -0.1) is 0 Å². The minimum atomic E-state index is -1.03. The van der Waals surface area contributed by atoms with Crippen molar-refractivity contribution in [3.8, 4) is 17.0 Å². The predicted molar refractivity (Wildman–Crippen MR) is 99.8 cm³/mol. The highest BCUT2D eigenvalue weighted by Gasteiger charge is 2.10. The normalized spacial score (nSPS) is 10.3. The van der Waals surface area contributed by atoms with E-state index in [0.717, 1.165) is 5.56 Å². The van der Waals surface area contributed by atoms with Crippen LogP contribution in [0.4, 0.5) is 21.8 Å². The van der Waals surface area contributed by atoms with Crippen LogP contribution in [0, 0.1) is 5.82 Å². The molecule has 0 bridgehead atoms. The first-order chi connectivity index (χ1) is 13.0. The van der Waals surface area contributed by atoms with Crippen LogP contribution in [0.25, 0.3) is 11.3 Å². The van der Waals surface area contributed by atoms with Crippen molar-refractivity contribution in [2.75, 3.05) is 24.3 Å². The van der Waals surface area contributed by atoms with Crippen LogP contribution in [0.1, 0.15) is 0 Å². The van der Waals surface area contributed by atoms with Crippen molar-refractivity contribution in [3.05, 3.63) is 60.4 Å². The molecule has 138 valence electrons. The SMILES string of the molecule is COc1ccc(Nc2cc(-c3ccccc3)nc(NCC(=O)O)n2)cc1F. The summed E-state index contributed by atoms with van der Waals surface area (Å²) in [6, 6.07) is 15.5. The van der Waals surface area contributed by atoms with Gasteiger partial charge in [-0.1, -0.05) is 30.3 Å². The van der Waals surface area contributed by atoms with E-state index in [2.05, 4.69) is 20.6 Å². The molecule has 7 nitrogen and oxygen atoms in total. The third-order valence-electron chi connectivity index (χ3n) is 3.62. The van der Waals surface area contributed by atoms with Crippen LogP contribution in [-0.2, 0) is 4.79 Å². The fraction of sp³-hybridized carbons (Fsp3) is 0.105. The van der Waals surface area contributed by atoms with Gasteiger partial charge >= 0.3 is 5.97 Å². The van der Waals surface area contributed by atoms with E-state index in [1.807, 2.05) is 30.3 Å². The number of ether oxygens (including phenoxy) is 1. The van der Waals surface area contributed by atoms with Gasteiger partial charge in [0, 0.05) is 23.4 Å². The fourth-order valence-corrected chi connectivity index (χ4v) is 2.39. The summed E-state index contributed by atoms with van der Waals surface area (Å²) in [4.78, 5) is 19.4. The average molecular weight is 368 g/mol. The minimum absolute atomic E-state index is 0.136. The third-order valence-corrected chi connectivity index (χ3v) is 3.62. The second kappa shape index (κ2) is 8.13. The monoisotopic (exact) mass is 368 g/mol. The van der Waals surface area contributed by atoms with Crippen molar-refractivity contribution in [1.82, 2.24) is 9.97 Å². The van der Waals surface area contributed by atoms with Gasteiger partial charge in [0.2, 0.25) is 5.95 Å². The van der Waals surface area contributed by atoms with Gasteiger partial charge in [-0.25, -0.2) is 9.37 Å². The molecule has 1 heterocycles. The Labute approximate surface area is 154 Å². The number of carboxylic acid groups (broad SMARTS) is 1. The van der Waals surface area contributed by atoms with Crippen LogP contribution in [-0.4, -0.2) is 34.7 Å². The first-order valence-electron chi connectivity index (χ1n) is 8.06. The second-order valence-electron chi connectivity index (χ2n) is 5.55. The molecule has 0 amide bonds. The van der Waals surface area contributed by atoms with Crippen LogP contribution < -0.4 is 15.4 Å². The lowest BCUT2D eigenvalue weighted by atomic mass is 10.1. The maximum atomic E-state index is 13.9. The molecule has 3 rings (SSSR count). The molecule has 1 aromatic heterocycles. The summed E-state index contributed by atoms with van der Waals surface area (Å²) in [6.45, 7) is -0.325. The van der Waals surface area contributed by atoms with E-state index in [1.165, 1.54) is 19.2 Å². The molecule has 0 saturated carbocycles. The summed E-state index contributed by atoms with van der Waals surface area (Å²) in [7, 11) is 1.39. The zero-order valence-electron chi connectivity index (χ0n) is 14.4. The maximum absolute atomic E-state index is 13.9. The van der Waals surface area contributed by atoms with Gasteiger partial charge in [0.25, 0.3) is 0 Å². The molecule has 0 saturated heterocycles. The first kappa shape index (κ1) is 18.1. The van der Waals surface area contributed by atoms with E-state index in [9.17, 15) is 9.18 Å². The summed E-state index contributed by atoms with van der Waals surface area (Å²) < 4.78 is 18.8. The number of nitrogens with zero attached hydrogens (tertiary/aromatic N) is 2. The molecule has 8 heteroatoms. The van der Waals surface area contributed by atoms with E-state index in [4.69, 9.17) is 9.84 Å². The molecular formula is C19H17FN4O3. The molecule has 0 aliphatic rings. The Bertz CT molecular complexity index is 951. The van der Waals surface area contributed by atoms with E-state index < -0.39 is 11.8 Å². The number of benzene rings is 2. The van der Waals surface area contributed by atoms with Gasteiger partial charge in [-0.05, 0) is 12.1 Å². The van der Waals surface area contributed by atoms with Crippen LogP contribution in [0.5, 0.6) is 5.75 Å². The van der Waals surface area contributed by atoms with Crippen molar-refractivity contribution < 1.29 is 19.0 Å². The molecule has 3 aromatic rings. The van der Waals surface area contributed by atoms with Gasteiger partial charge in [0.05, 0.1) is 12.8 Å². The number of hydrogen-bond acceptors (Lipinski definition) is 6. The molecule has 0 radical (unpaired) electrons. The summed E-state index contributed by atoms with van der Waals surface area (Å²) in [5.74, 6) is -0.868. The molecule has 27 heavy (non-hydrogen) atoms. The standard InChI is InChI=1S/C19H17FN4O3/c1-27-16-8-7-13(9-14(16)20)22-17-10-15(12-5-3-2-4-6-12)23-19(24-17)21-11-18(25)26/h2-10H,11H2,1H3,(H,25,26)(H2,21,22,23,24). The molecular weight excluding hydrogens is 351 g/mol. The van der Waals surface area contributed by atoms with Gasteiger partial charge in [-0.2, -0.15) is 4.98 Å². The van der Waals surface area contributed by atoms with Crippen molar-refractivity contribution >= 4 is 23.4 Å². The highest BCUT2D eigenvalue weighted by molar-refractivity contribution is 5.73. The number of anilines is 3. The van der Waals surface area contributed by atoms with Gasteiger partial charge < -0.3 is 20.5 Å². The van der Waals surface area contributed by atoms with E-state index >= 15 is 0 Å². The van der Waals surface area contributed by atoms with E-state index in [0.29, 0.717) is 17.2 Å². The lowest BCUT2D eigenvalue weighted by Gasteiger charge is -2.11. The van der Waals surface area contributed by atoms with E-state index in [-0.39, 0.29) is 18.2 Å². The highest BCUT2D eigenvalue weighted by atomic mass is 19.1. The Morgan fingerprint density at radius 2 is 1.93 bits per heavy atom. The van der Waals surface area contributed by atoms with Crippen molar-refractivity contribution in [1.29, 1.82) is 0 Å². The Balaban J connectivity index is 1.94. The zero-order valence-corrected chi connectivity index (χ0v) is 14.4. The van der Waals surface area contributed by atoms with Crippen LogP contribution in [0.15, 0.2) is 54.6 Å². The smallest absolute Gasteiger partial charge is 0.322 e. The van der Waals surface area contributed by atoms with E-state index in [1.54, 1.807) is 12.1 Å². The molecule has 0 aliphatic carbocycles. The molecule has 0 fully saturated rings. The number of nitrogens with one attached hydrogen (secondary N) is 2. The Morgan fingerprint density at radius 3 is 2.59 bits per heavy atom. The molecule has 0 atom stereocenters. The topological polar surface area (TPSA) is 96.4 Å². The fourth-order valence-electron chi connectivity index (χ4n) is 2.39. The summed E-state index contributed by atoms with van der Waals surface area (Å²) >= 11 is 0. The Hall–Kier alpha value is -3.68. The molecule has 0 spiro atoms. The number of aromatic nitrogens is 2. The predicted octanol–water partition coefficient (Wildman–Crippen LogP) is 3.53. The molecule has 0 unspecified atom stereocenters. The Morgan fingerprint density at radius 1 is 1.15 bits per heavy atom. The first-order valence-corrected chi connectivity index (χ1v) is 8.06. The number of halogens is 1. The van der Waals surface area contributed by atoms with Crippen LogP contribution in [0.3, 0.4) is 0 Å². The largest absolute Gasteiger partial charge is 0.494 e. The maximum Gasteiger partial charge on any atom is 0.322 e. The number of aliphatic carboxylic acids is 1. The second-order valence-corrected chi connectivity index (χ2v) is 5.55.